The van der Waals surface area contributed by atoms with Gasteiger partial charge in [0.25, 0.3) is 0 Å². The molecule has 0 fully saturated rings. The molecule has 4 rings (SSSR count). The topological polar surface area (TPSA) is 47.5 Å². The third-order valence-electron chi connectivity index (χ3n) is 4.28. The van der Waals surface area contributed by atoms with Crippen molar-refractivity contribution in [1.29, 1.82) is 0 Å². The number of aromatic nitrogens is 2. The highest BCUT2D eigenvalue weighted by Crippen LogP contribution is 2.28. The Morgan fingerprint density at radius 1 is 1.21 bits per heavy atom. The third kappa shape index (κ3) is 2.51. The summed E-state index contributed by atoms with van der Waals surface area (Å²) in [6, 6.07) is 11.7. The SMILES string of the molecule is Cc1ccc2c(CSc3ncc4ccccn34)cc(=O)oc2c1C. The number of rotatable bonds is 3. The lowest BCUT2D eigenvalue weighted by Crippen LogP contribution is -2.01. The molecule has 0 aliphatic carbocycles. The van der Waals surface area contributed by atoms with E-state index >= 15 is 0 Å². The van der Waals surface area contributed by atoms with Crippen molar-refractivity contribution in [2.45, 2.75) is 24.8 Å². The van der Waals surface area contributed by atoms with Crippen molar-refractivity contribution in [2.24, 2.45) is 0 Å². The number of hydrogen-bond donors (Lipinski definition) is 0. The molecule has 0 N–H and O–H groups in total. The zero-order valence-electron chi connectivity index (χ0n) is 13.4. The Morgan fingerprint density at radius 3 is 2.96 bits per heavy atom. The molecule has 120 valence electrons. The van der Waals surface area contributed by atoms with Crippen molar-refractivity contribution in [3.63, 3.8) is 0 Å². The Balaban J connectivity index is 1.75. The molecule has 3 aromatic heterocycles. The van der Waals surface area contributed by atoms with Gasteiger partial charge in [0.05, 0.1) is 11.7 Å². The normalized spacial score (nSPS) is 11.4. The molecule has 0 atom stereocenters. The molecule has 0 radical (unpaired) electrons. The summed E-state index contributed by atoms with van der Waals surface area (Å²) in [5, 5.41) is 1.90. The molecule has 0 aliphatic rings. The first-order valence-electron chi connectivity index (χ1n) is 7.71. The molecule has 24 heavy (non-hydrogen) atoms. The van der Waals surface area contributed by atoms with Gasteiger partial charge in [-0.3, -0.25) is 4.40 Å². The number of pyridine rings is 1. The predicted octanol–water partition coefficient (Wildman–Crippen LogP) is 4.35. The molecule has 0 spiro atoms. The van der Waals surface area contributed by atoms with Crippen LogP contribution in [0.25, 0.3) is 16.5 Å². The van der Waals surface area contributed by atoms with Crippen molar-refractivity contribution in [3.05, 3.63) is 75.9 Å². The van der Waals surface area contributed by atoms with Crippen LogP contribution in [0.15, 0.2) is 63.2 Å². The summed E-state index contributed by atoms with van der Waals surface area (Å²) >= 11 is 1.61. The minimum atomic E-state index is -0.306. The molecule has 3 heterocycles. The van der Waals surface area contributed by atoms with Gasteiger partial charge >= 0.3 is 5.63 Å². The fourth-order valence-corrected chi connectivity index (χ4v) is 3.77. The lowest BCUT2D eigenvalue weighted by Gasteiger charge is -2.08. The lowest BCUT2D eigenvalue weighted by molar-refractivity contribution is 0.557. The summed E-state index contributed by atoms with van der Waals surface area (Å²) in [5.74, 6) is 0.665. The Labute approximate surface area is 143 Å². The molecule has 0 unspecified atom stereocenters. The Bertz CT molecular complexity index is 1110. The van der Waals surface area contributed by atoms with Gasteiger partial charge in [-0.1, -0.05) is 30.0 Å². The molecule has 0 saturated carbocycles. The first kappa shape index (κ1) is 15.0. The first-order chi connectivity index (χ1) is 11.6. The van der Waals surface area contributed by atoms with Crippen LogP contribution >= 0.6 is 11.8 Å². The van der Waals surface area contributed by atoms with Crippen LogP contribution in [0.4, 0.5) is 0 Å². The van der Waals surface area contributed by atoms with E-state index in [1.165, 1.54) is 0 Å². The van der Waals surface area contributed by atoms with Crippen LogP contribution < -0.4 is 5.63 Å². The summed E-state index contributed by atoms with van der Waals surface area (Å²) in [7, 11) is 0. The van der Waals surface area contributed by atoms with Crippen molar-refractivity contribution >= 4 is 28.2 Å². The van der Waals surface area contributed by atoms with Crippen LogP contribution in [-0.4, -0.2) is 9.38 Å². The molecule has 1 aromatic carbocycles. The minimum Gasteiger partial charge on any atom is -0.422 e. The van der Waals surface area contributed by atoms with E-state index < -0.39 is 0 Å². The smallest absolute Gasteiger partial charge is 0.336 e. The van der Waals surface area contributed by atoms with Gasteiger partial charge in [0.1, 0.15) is 5.58 Å². The van der Waals surface area contributed by atoms with Crippen LogP contribution in [0, 0.1) is 13.8 Å². The molecule has 4 aromatic rings. The van der Waals surface area contributed by atoms with E-state index in [9.17, 15) is 4.79 Å². The van der Waals surface area contributed by atoms with Crippen LogP contribution in [0.1, 0.15) is 16.7 Å². The van der Waals surface area contributed by atoms with Gasteiger partial charge in [-0.15, -0.1) is 0 Å². The van der Waals surface area contributed by atoms with Gasteiger partial charge < -0.3 is 4.42 Å². The van der Waals surface area contributed by atoms with Gasteiger partial charge in [0, 0.05) is 23.4 Å². The fourth-order valence-electron chi connectivity index (χ4n) is 2.81. The van der Waals surface area contributed by atoms with Gasteiger partial charge in [0.2, 0.25) is 0 Å². The van der Waals surface area contributed by atoms with Gasteiger partial charge in [-0.2, -0.15) is 0 Å². The maximum atomic E-state index is 11.9. The van der Waals surface area contributed by atoms with E-state index in [-0.39, 0.29) is 5.63 Å². The fraction of sp³-hybridized carbons (Fsp3) is 0.158. The second kappa shape index (κ2) is 5.83. The number of benzene rings is 1. The van der Waals surface area contributed by atoms with E-state index in [1.54, 1.807) is 17.8 Å². The van der Waals surface area contributed by atoms with Crippen LogP contribution in [0.3, 0.4) is 0 Å². The number of aryl methyl sites for hydroxylation is 2. The average molecular weight is 336 g/mol. The summed E-state index contributed by atoms with van der Waals surface area (Å²) < 4.78 is 7.48. The quantitative estimate of drug-likeness (QED) is 0.412. The highest BCUT2D eigenvalue weighted by Gasteiger charge is 2.11. The first-order valence-corrected chi connectivity index (χ1v) is 8.70. The maximum Gasteiger partial charge on any atom is 0.336 e. The highest BCUT2D eigenvalue weighted by atomic mass is 32.2. The molecule has 0 bridgehead atoms. The molecular formula is C19H16N2O2S. The number of hydrogen-bond acceptors (Lipinski definition) is 4. The number of fused-ring (bicyclic) bond motifs is 2. The highest BCUT2D eigenvalue weighted by molar-refractivity contribution is 7.98. The Kier molecular flexibility index (Phi) is 3.65. The van der Waals surface area contributed by atoms with E-state index in [4.69, 9.17) is 4.42 Å². The predicted molar refractivity (Wildman–Crippen MR) is 96.7 cm³/mol. The molecule has 0 aliphatic heterocycles. The Morgan fingerprint density at radius 2 is 2.08 bits per heavy atom. The number of thioether (sulfide) groups is 1. The van der Waals surface area contributed by atoms with E-state index in [0.29, 0.717) is 11.3 Å². The second-order valence-corrected chi connectivity index (χ2v) is 6.74. The Hall–Kier alpha value is -2.53. The summed E-state index contributed by atoms with van der Waals surface area (Å²) in [4.78, 5) is 16.4. The molecule has 0 saturated heterocycles. The van der Waals surface area contributed by atoms with Crippen LogP contribution in [-0.2, 0) is 5.75 Å². The van der Waals surface area contributed by atoms with Gasteiger partial charge in [-0.25, -0.2) is 9.78 Å². The summed E-state index contributed by atoms with van der Waals surface area (Å²) in [5.41, 5.74) is 4.55. The van der Waals surface area contributed by atoms with Crippen LogP contribution in [0.5, 0.6) is 0 Å². The van der Waals surface area contributed by atoms with Gasteiger partial charge in [0.15, 0.2) is 5.16 Å². The summed E-state index contributed by atoms with van der Waals surface area (Å²) in [6.45, 7) is 4.01. The van der Waals surface area contributed by atoms with Crippen LogP contribution in [0.2, 0.25) is 0 Å². The lowest BCUT2D eigenvalue weighted by atomic mass is 10.0. The second-order valence-electron chi connectivity index (χ2n) is 5.80. The molecule has 0 amide bonds. The number of imidazole rings is 1. The third-order valence-corrected chi connectivity index (χ3v) is 5.29. The van der Waals surface area contributed by atoms with Gasteiger partial charge in [-0.05, 0) is 42.7 Å². The molecular weight excluding hydrogens is 320 g/mol. The minimum absolute atomic E-state index is 0.306. The standard InChI is InChI=1S/C19H16N2O2S/c1-12-6-7-16-14(9-17(22)23-18(16)13(12)2)11-24-19-20-10-15-5-3-4-8-21(15)19/h3-10H,11H2,1-2H3. The monoisotopic (exact) mass is 336 g/mol. The van der Waals surface area contributed by atoms with Crippen molar-refractivity contribution in [1.82, 2.24) is 9.38 Å². The maximum absolute atomic E-state index is 11.9. The van der Waals surface area contributed by atoms with E-state index in [0.717, 1.165) is 32.7 Å². The largest absolute Gasteiger partial charge is 0.422 e. The molecule has 4 nitrogen and oxygen atoms in total. The zero-order chi connectivity index (χ0) is 16.7. The van der Waals surface area contributed by atoms with E-state index in [2.05, 4.69) is 11.1 Å². The zero-order valence-corrected chi connectivity index (χ0v) is 14.3. The average Bonchev–Trinajstić information content (AvgIpc) is 3.00. The molecule has 5 heteroatoms. The van der Waals surface area contributed by atoms with E-state index in [1.807, 2.05) is 54.9 Å². The number of nitrogens with zero attached hydrogens (tertiary/aromatic N) is 2. The van der Waals surface area contributed by atoms with Crippen molar-refractivity contribution in [3.8, 4) is 0 Å². The van der Waals surface area contributed by atoms with Crippen molar-refractivity contribution in [2.75, 3.05) is 0 Å². The summed E-state index contributed by atoms with van der Waals surface area (Å²) in [6.07, 6.45) is 3.85. The van der Waals surface area contributed by atoms with Crippen molar-refractivity contribution < 1.29 is 4.42 Å².